The Bertz CT molecular complexity index is 512. The lowest BCUT2D eigenvalue weighted by Crippen LogP contribution is -2.19. The molecule has 0 amide bonds. The Morgan fingerprint density at radius 3 is 2.06 bits per heavy atom. The standard InChI is InChI=1S/C16H18O2/c1-16(2,18)14-11-7-6-10-13(14)15(17)12-8-4-3-5-9-12/h3-11,15,17-18H,1-2H3. The molecule has 2 aromatic carbocycles. The highest BCUT2D eigenvalue weighted by Crippen LogP contribution is 2.31. The largest absolute Gasteiger partial charge is 0.386 e. The lowest BCUT2D eigenvalue weighted by Gasteiger charge is -2.24. The molecule has 0 bridgehead atoms. The summed E-state index contributed by atoms with van der Waals surface area (Å²) in [7, 11) is 0. The van der Waals surface area contributed by atoms with Crippen molar-refractivity contribution >= 4 is 0 Å². The zero-order chi connectivity index (χ0) is 13.2. The third-order valence-electron chi connectivity index (χ3n) is 3.03. The molecule has 2 heteroatoms. The van der Waals surface area contributed by atoms with Crippen LogP contribution < -0.4 is 0 Å². The van der Waals surface area contributed by atoms with Gasteiger partial charge in [-0.25, -0.2) is 0 Å². The van der Waals surface area contributed by atoms with Gasteiger partial charge in [-0.05, 0) is 30.5 Å². The van der Waals surface area contributed by atoms with Crippen LogP contribution in [0, 0.1) is 0 Å². The second-order valence-corrected chi connectivity index (χ2v) is 4.96. The molecule has 0 saturated carbocycles. The van der Waals surface area contributed by atoms with Gasteiger partial charge in [0.15, 0.2) is 0 Å². The van der Waals surface area contributed by atoms with Crippen molar-refractivity contribution in [3.8, 4) is 0 Å². The Kier molecular flexibility index (Phi) is 3.50. The fourth-order valence-electron chi connectivity index (χ4n) is 2.11. The number of aliphatic hydroxyl groups is 2. The lowest BCUT2D eigenvalue weighted by atomic mass is 9.88. The minimum atomic E-state index is -0.966. The van der Waals surface area contributed by atoms with Gasteiger partial charge < -0.3 is 10.2 Å². The number of rotatable bonds is 3. The van der Waals surface area contributed by atoms with Gasteiger partial charge >= 0.3 is 0 Å². The van der Waals surface area contributed by atoms with Crippen LogP contribution in [-0.2, 0) is 5.60 Å². The molecule has 2 N–H and O–H groups in total. The molecular formula is C16H18O2. The highest BCUT2D eigenvalue weighted by Gasteiger charge is 2.23. The first-order chi connectivity index (χ1) is 8.50. The molecule has 0 aliphatic carbocycles. The average molecular weight is 242 g/mol. The van der Waals surface area contributed by atoms with Crippen LogP contribution in [0.2, 0.25) is 0 Å². The SMILES string of the molecule is CC(C)(O)c1ccccc1C(O)c1ccccc1. The molecule has 0 aliphatic rings. The molecule has 2 aromatic rings. The van der Waals surface area contributed by atoms with Crippen LogP contribution in [0.5, 0.6) is 0 Å². The molecule has 2 rings (SSSR count). The van der Waals surface area contributed by atoms with Gasteiger partial charge in [0, 0.05) is 0 Å². The topological polar surface area (TPSA) is 40.5 Å². The van der Waals surface area contributed by atoms with Crippen LogP contribution in [0.3, 0.4) is 0 Å². The third-order valence-corrected chi connectivity index (χ3v) is 3.03. The number of hydrogen-bond acceptors (Lipinski definition) is 2. The van der Waals surface area contributed by atoms with Crippen molar-refractivity contribution in [3.05, 3.63) is 71.3 Å². The van der Waals surface area contributed by atoms with Crippen LogP contribution in [0.1, 0.15) is 36.6 Å². The highest BCUT2D eigenvalue weighted by atomic mass is 16.3. The lowest BCUT2D eigenvalue weighted by molar-refractivity contribution is 0.0745. The van der Waals surface area contributed by atoms with Crippen molar-refractivity contribution in [2.24, 2.45) is 0 Å². The molecule has 0 heterocycles. The van der Waals surface area contributed by atoms with E-state index in [2.05, 4.69) is 0 Å². The van der Waals surface area contributed by atoms with Crippen LogP contribution in [-0.4, -0.2) is 10.2 Å². The summed E-state index contributed by atoms with van der Waals surface area (Å²) < 4.78 is 0. The van der Waals surface area contributed by atoms with Crippen molar-refractivity contribution in [2.75, 3.05) is 0 Å². The fourth-order valence-corrected chi connectivity index (χ4v) is 2.11. The molecule has 0 spiro atoms. The highest BCUT2D eigenvalue weighted by molar-refractivity contribution is 5.38. The van der Waals surface area contributed by atoms with Crippen LogP contribution in [0.4, 0.5) is 0 Å². The first-order valence-corrected chi connectivity index (χ1v) is 6.05. The van der Waals surface area contributed by atoms with Crippen molar-refractivity contribution in [3.63, 3.8) is 0 Å². The summed E-state index contributed by atoms with van der Waals surface area (Å²) in [5.41, 5.74) is 1.36. The molecule has 0 fully saturated rings. The maximum atomic E-state index is 10.4. The van der Waals surface area contributed by atoms with E-state index in [0.717, 1.165) is 16.7 Å². The van der Waals surface area contributed by atoms with Crippen molar-refractivity contribution in [1.82, 2.24) is 0 Å². The predicted molar refractivity (Wildman–Crippen MR) is 72.2 cm³/mol. The summed E-state index contributed by atoms with van der Waals surface area (Å²) in [6.45, 7) is 3.45. The first-order valence-electron chi connectivity index (χ1n) is 6.05. The Balaban J connectivity index is 2.46. The molecule has 0 aromatic heterocycles. The monoisotopic (exact) mass is 242 g/mol. The van der Waals surface area contributed by atoms with Gasteiger partial charge in [-0.3, -0.25) is 0 Å². The molecule has 1 atom stereocenters. The Morgan fingerprint density at radius 1 is 0.889 bits per heavy atom. The minimum absolute atomic E-state index is 0.714. The number of benzene rings is 2. The Labute approximate surface area is 108 Å². The van der Waals surface area contributed by atoms with Crippen molar-refractivity contribution in [2.45, 2.75) is 25.6 Å². The first kappa shape index (κ1) is 12.8. The van der Waals surface area contributed by atoms with Crippen molar-refractivity contribution < 1.29 is 10.2 Å². The van der Waals surface area contributed by atoms with Gasteiger partial charge in [-0.2, -0.15) is 0 Å². The molecular weight excluding hydrogens is 224 g/mol. The van der Waals surface area contributed by atoms with Gasteiger partial charge in [0.05, 0.1) is 5.60 Å². The summed E-state index contributed by atoms with van der Waals surface area (Å²) in [6.07, 6.45) is -0.714. The van der Waals surface area contributed by atoms with Crippen LogP contribution >= 0.6 is 0 Å². The molecule has 0 aliphatic heterocycles. The zero-order valence-corrected chi connectivity index (χ0v) is 10.7. The summed E-state index contributed by atoms with van der Waals surface area (Å²) in [6, 6.07) is 16.9. The van der Waals surface area contributed by atoms with E-state index in [9.17, 15) is 10.2 Å². The van der Waals surface area contributed by atoms with E-state index in [4.69, 9.17) is 0 Å². The van der Waals surface area contributed by atoms with Gasteiger partial charge in [0.2, 0.25) is 0 Å². The maximum Gasteiger partial charge on any atom is 0.104 e. The zero-order valence-electron chi connectivity index (χ0n) is 10.7. The van der Waals surface area contributed by atoms with Gasteiger partial charge in [-0.15, -0.1) is 0 Å². The normalized spacial score (nSPS) is 13.3. The van der Waals surface area contributed by atoms with Crippen LogP contribution in [0.15, 0.2) is 54.6 Å². The Hall–Kier alpha value is -1.64. The molecule has 1 unspecified atom stereocenters. The van der Waals surface area contributed by atoms with E-state index in [-0.39, 0.29) is 0 Å². The summed E-state index contributed by atoms with van der Waals surface area (Å²) >= 11 is 0. The van der Waals surface area contributed by atoms with E-state index in [1.807, 2.05) is 54.6 Å². The van der Waals surface area contributed by atoms with E-state index in [1.54, 1.807) is 13.8 Å². The predicted octanol–water partition coefficient (Wildman–Crippen LogP) is 3.00. The summed E-state index contributed by atoms with van der Waals surface area (Å²) in [5, 5.41) is 20.6. The number of aliphatic hydroxyl groups excluding tert-OH is 1. The molecule has 0 saturated heterocycles. The third kappa shape index (κ3) is 2.61. The average Bonchev–Trinajstić information content (AvgIpc) is 2.38. The fraction of sp³-hybridized carbons (Fsp3) is 0.250. The smallest absolute Gasteiger partial charge is 0.104 e. The summed E-state index contributed by atoms with van der Waals surface area (Å²) in [5.74, 6) is 0. The maximum absolute atomic E-state index is 10.4. The van der Waals surface area contributed by atoms with Crippen LogP contribution in [0.25, 0.3) is 0 Å². The minimum Gasteiger partial charge on any atom is -0.386 e. The van der Waals surface area contributed by atoms with E-state index < -0.39 is 11.7 Å². The quantitative estimate of drug-likeness (QED) is 0.868. The summed E-state index contributed by atoms with van der Waals surface area (Å²) in [4.78, 5) is 0. The molecule has 18 heavy (non-hydrogen) atoms. The second-order valence-electron chi connectivity index (χ2n) is 4.96. The van der Waals surface area contributed by atoms with E-state index in [0.29, 0.717) is 0 Å². The van der Waals surface area contributed by atoms with E-state index >= 15 is 0 Å². The van der Waals surface area contributed by atoms with E-state index in [1.165, 1.54) is 0 Å². The number of hydrogen-bond donors (Lipinski definition) is 2. The second kappa shape index (κ2) is 4.92. The molecule has 94 valence electrons. The Morgan fingerprint density at radius 2 is 1.44 bits per heavy atom. The molecule has 0 radical (unpaired) electrons. The molecule has 2 nitrogen and oxygen atoms in total. The van der Waals surface area contributed by atoms with Gasteiger partial charge in [0.1, 0.15) is 6.10 Å². The van der Waals surface area contributed by atoms with Crippen molar-refractivity contribution in [1.29, 1.82) is 0 Å². The van der Waals surface area contributed by atoms with Gasteiger partial charge in [0.25, 0.3) is 0 Å². The van der Waals surface area contributed by atoms with Gasteiger partial charge in [-0.1, -0.05) is 54.6 Å².